The molecule has 10 heteroatoms. The first kappa shape index (κ1) is 20.7. The van der Waals surface area contributed by atoms with E-state index in [1.807, 2.05) is 12.1 Å². The molecule has 0 radical (unpaired) electrons. The molecule has 3 aromatic rings. The molecule has 10 nitrogen and oxygen atoms in total. The van der Waals surface area contributed by atoms with E-state index in [0.717, 1.165) is 5.56 Å². The Morgan fingerprint density at radius 3 is 2.50 bits per heavy atom. The van der Waals surface area contributed by atoms with Gasteiger partial charge in [-0.3, -0.25) is 20.4 Å². The Morgan fingerprint density at radius 2 is 1.87 bits per heavy atom. The third-order valence-electron chi connectivity index (χ3n) is 4.09. The zero-order valence-electron chi connectivity index (χ0n) is 16.1. The van der Waals surface area contributed by atoms with Crippen molar-refractivity contribution in [1.82, 2.24) is 9.97 Å². The van der Waals surface area contributed by atoms with Crippen molar-refractivity contribution in [3.63, 3.8) is 0 Å². The minimum Gasteiger partial charge on any atom is -0.497 e. The molecule has 0 atom stereocenters. The van der Waals surface area contributed by atoms with Crippen LogP contribution in [0.5, 0.6) is 5.75 Å². The molecule has 0 spiro atoms. The van der Waals surface area contributed by atoms with Crippen molar-refractivity contribution in [3.8, 4) is 28.3 Å². The summed E-state index contributed by atoms with van der Waals surface area (Å²) in [6.07, 6.45) is 0. The van der Waals surface area contributed by atoms with Crippen molar-refractivity contribution in [1.29, 1.82) is 0 Å². The molecule has 0 saturated heterocycles. The van der Waals surface area contributed by atoms with Crippen LogP contribution < -0.4 is 15.8 Å². The number of guanidine groups is 1. The van der Waals surface area contributed by atoms with E-state index in [0.29, 0.717) is 22.7 Å². The summed E-state index contributed by atoms with van der Waals surface area (Å²) in [6.45, 7) is -0.0111. The first-order valence-corrected chi connectivity index (χ1v) is 8.96. The normalized spacial score (nSPS) is 11.2. The highest BCUT2D eigenvalue weighted by atomic mass is 16.6. The fraction of sp³-hybridized carbons (Fsp3) is 0.150. The number of methoxy groups -OCH3 is 1. The Bertz CT molecular complexity index is 1070. The molecule has 1 heterocycles. The Balaban J connectivity index is 2.07. The maximum atomic E-state index is 11.1. The summed E-state index contributed by atoms with van der Waals surface area (Å²) in [5.74, 6) is 0.912. The van der Waals surface area contributed by atoms with Crippen molar-refractivity contribution < 1.29 is 14.8 Å². The fourth-order valence-electron chi connectivity index (χ4n) is 2.66. The lowest BCUT2D eigenvalue weighted by molar-refractivity contribution is -0.384. The van der Waals surface area contributed by atoms with Crippen LogP contribution >= 0.6 is 0 Å². The van der Waals surface area contributed by atoms with Gasteiger partial charge in [0.05, 0.1) is 36.6 Å². The van der Waals surface area contributed by atoms with E-state index in [2.05, 4.69) is 20.3 Å². The largest absolute Gasteiger partial charge is 0.497 e. The van der Waals surface area contributed by atoms with Gasteiger partial charge in [-0.2, -0.15) is 0 Å². The van der Waals surface area contributed by atoms with Gasteiger partial charge in [0.2, 0.25) is 5.95 Å². The number of ether oxygens (including phenoxy) is 1. The maximum absolute atomic E-state index is 11.1. The molecular weight excluding hydrogens is 388 g/mol. The summed E-state index contributed by atoms with van der Waals surface area (Å²) in [5.41, 5.74) is 8.15. The number of nitrogens with one attached hydrogen (secondary N) is 1. The van der Waals surface area contributed by atoms with Crippen molar-refractivity contribution >= 4 is 17.6 Å². The van der Waals surface area contributed by atoms with E-state index < -0.39 is 4.92 Å². The second-order valence-corrected chi connectivity index (χ2v) is 6.11. The number of anilines is 1. The Hall–Kier alpha value is -4.05. The maximum Gasteiger partial charge on any atom is 0.270 e. The number of aliphatic imine (C=N–C) groups is 1. The first-order valence-electron chi connectivity index (χ1n) is 8.96. The standard InChI is InChI=1S/C20H20N6O4/c1-30-16-7-5-13(6-8-16)17-12-18(14-3-2-4-15(11-14)26(28)29)24-20(23-17)25-19(21)22-9-10-27/h2-8,11-12,27H,9-10H2,1H3,(H3,21,22,23,24,25). The second-order valence-electron chi connectivity index (χ2n) is 6.11. The number of non-ortho nitro benzene ring substituents is 1. The highest BCUT2D eigenvalue weighted by Crippen LogP contribution is 2.28. The monoisotopic (exact) mass is 408 g/mol. The van der Waals surface area contributed by atoms with Crippen LogP contribution in [0.15, 0.2) is 59.6 Å². The SMILES string of the molecule is COc1ccc(-c2cc(-c3cccc([N+](=O)[O-])c3)nc(NC(N)=NCCO)n2)cc1. The lowest BCUT2D eigenvalue weighted by Gasteiger charge is -2.10. The highest BCUT2D eigenvalue weighted by Gasteiger charge is 2.13. The minimum absolute atomic E-state index is 0.0425. The van der Waals surface area contributed by atoms with Crippen LogP contribution in [0, 0.1) is 10.1 Å². The third kappa shape index (κ3) is 5.06. The summed E-state index contributed by atoms with van der Waals surface area (Å²) >= 11 is 0. The predicted molar refractivity (Wildman–Crippen MR) is 113 cm³/mol. The Kier molecular flexibility index (Phi) is 6.50. The zero-order chi connectivity index (χ0) is 21.5. The smallest absolute Gasteiger partial charge is 0.270 e. The van der Waals surface area contributed by atoms with Crippen LogP contribution in [0.1, 0.15) is 0 Å². The molecular formula is C20H20N6O4. The summed E-state index contributed by atoms with van der Waals surface area (Å²) in [4.78, 5) is 23.5. The lowest BCUT2D eigenvalue weighted by Crippen LogP contribution is -2.24. The van der Waals surface area contributed by atoms with Crippen LogP contribution in [0.25, 0.3) is 22.5 Å². The number of nitro benzene ring substituents is 1. The number of hydrogen-bond acceptors (Lipinski definition) is 7. The molecule has 0 aliphatic rings. The molecule has 0 unspecified atom stereocenters. The van der Waals surface area contributed by atoms with Gasteiger partial charge in [0.15, 0.2) is 5.96 Å². The number of aliphatic hydroxyl groups excluding tert-OH is 1. The van der Waals surface area contributed by atoms with Crippen LogP contribution in [-0.2, 0) is 0 Å². The average Bonchev–Trinajstić information content (AvgIpc) is 2.77. The van der Waals surface area contributed by atoms with Crippen molar-refractivity contribution in [2.45, 2.75) is 0 Å². The van der Waals surface area contributed by atoms with E-state index in [4.69, 9.17) is 15.6 Å². The first-order chi connectivity index (χ1) is 14.5. The van der Waals surface area contributed by atoms with Crippen LogP contribution in [0.2, 0.25) is 0 Å². The van der Waals surface area contributed by atoms with Gasteiger partial charge in [0, 0.05) is 23.3 Å². The highest BCUT2D eigenvalue weighted by molar-refractivity contribution is 5.91. The van der Waals surface area contributed by atoms with Gasteiger partial charge in [0.25, 0.3) is 5.69 Å². The van der Waals surface area contributed by atoms with E-state index in [1.165, 1.54) is 12.1 Å². The van der Waals surface area contributed by atoms with Crippen molar-refractivity contribution in [2.24, 2.45) is 10.7 Å². The number of aromatic nitrogens is 2. The molecule has 0 fully saturated rings. The molecule has 0 aliphatic heterocycles. The quantitative estimate of drug-likeness (QED) is 0.234. The average molecular weight is 408 g/mol. The van der Waals surface area contributed by atoms with Gasteiger partial charge in [-0.25, -0.2) is 9.97 Å². The number of hydrogen-bond donors (Lipinski definition) is 3. The number of aliphatic hydroxyl groups is 1. The number of nitrogens with two attached hydrogens (primary N) is 1. The number of nitrogens with zero attached hydrogens (tertiary/aromatic N) is 4. The molecule has 4 N–H and O–H groups in total. The van der Waals surface area contributed by atoms with E-state index in [1.54, 1.807) is 37.4 Å². The molecule has 3 rings (SSSR count). The zero-order valence-corrected chi connectivity index (χ0v) is 16.1. The van der Waals surface area contributed by atoms with E-state index >= 15 is 0 Å². The molecule has 0 bridgehead atoms. The molecule has 0 saturated carbocycles. The molecule has 0 amide bonds. The summed E-state index contributed by atoms with van der Waals surface area (Å²) in [7, 11) is 1.58. The Labute approximate surface area is 172 Å². The van der Waals surface area contributed by atoms with Gasteiger partial charge in [0.1, 0.15) is 5.75 Å². The summed E-state index contributed by atoms with van der Waals surface area (Å²) < 4.78 is 5.19. The van der Waals surface area contributed by atoms with Crippen LogP contribution in [0.4, 0.5) is 11.6 Å². The second kappa shape index (κ2) is 9.43. The van der Waals surface area contributed by atoms with Gasteiger partial charge < -0.3 is 15.6 Å². The summed E-state index contributed by atoms with van der Waals surface area (Å²) in [6, 6.07) is 15.2. The van der Waals surface area contributed by atoms with Gasteiger partial charge in [-0.05, 0) is 30.3 Å². The lowest BCUT2D eigenvalue weighted by atomic mass is 10.1. The molecule has 154 valence electrons. The van der Waals surface area contributed by atoms with Gasteiger partial charge >= 0.3 is 0 Å². The van der Waals surface area contributed by atoms with E-state index in [9.17, 15) is 10.1 Å². The minimum atomic E-state index is -0.465. The topological polar surface area (TPSA) is 149 Å². The van der Waals surface area contributed by atoms with E-state index in [-0.39, 0.29) is 30.7 Å². The molecule has 30 heavy (non-hydrogen) atoms. The third-order valence-corrected chi connectivity index (χ3v) is 4.09. The van der Waals surface area contributed by atoms with Gasteiger partial charge in [-0.15, -0.1) is 0 Å². The number of rotatable bonds is 7. The summed E-state index contributed by atoms with van der Waals surface area (Å²) in [5, 5.41) is 22.8. The number of benzene rings is 2. The predicted octanol–water partition coefficient (Wildman–Crippen LogP) is 2.45. The molecule has 1 aromatic heterocycles. The molecule has 0 aliphatic carbocycles. The molecule has 2 aromatic carbocycles. The van der Waals surface area contributed by atoms with Crippen molar-refractivity contribution in [3.05, 3.63) is 64.7 Å². The van der Waals surface area contributed by atoms with Crippen LogP contribution in [0.3, 0.4) is 0 Å². The Morgan fingerprint density at radius 1 is 1.17 bits per heavy atom. The fourth-order valence-corrected chi connectivity index (χ4v) is 2.66. The van der Waals surface area contributed by atoms with Crippen LogP contribution in [-0.4, -0.2) is 46.2 Å². The number of nitro groups is 1. The van der Waals surface area contributed by atoms with Crippen molar-refractivity contribution in [2.75, 3.05) is 25.6 Å². The van der Waals surface area contributed by atoms with Gasteiger partial charge in [-0.1, -0.05) is 12.1 Å².